The quantitative estimate of drug-likeness (QED) is 0.829. The number of methoxy groups -OCH3 is 3. The van der Waals surface area contributed by atoms with Crippen molar-refractivity contribution in [3.63, 3.8) is 0 Å². The predicted octanol–water partition coefficient (Wildman–Crippen LogP) is 1.77. The smallest absolute Gasteiger partial charge is 0.129 e. The van der Waals surface area contributed by atoms with E-state index in [1.54, 1.807) is 21.3 Å². The van der Waals surface area contributed by atoms with Crippen LogP contribution in [-0.2, 0) is 0 Å². The molecule has 2 N–H and O–H groups in total. The Morgan fingerprint density at radius 3 is 1.88 bits per heavy atom. The van der Waals surface area contributed by atoms with Gasteiger partial charge >= 0.3 is 0 Å². The Bertz CT molecular complexity index is 327. The summed E-state index contributed by atoms with van der Waals surface area (Å²) in [4.78, 5) is 0. The number of nitrogens with two attached hydrogens (primary N) is 1. The molecule has 0 aliphatic carbocycles. The first-order valence-electron chi connectivity index (χ1n) is 5.17. The van der Waals surface area contributed by atoms with Crippen molar-refractivity contribution < 1.29 is 14.2 Å². The van der Waals surface area contributed by atoms with Crippen LogP contribution in [0.15, 0.2) is 12.1 Å². The fourth-order valence-corrected chi connectivity index (χ4v) is 1.64. The second-order valence-electron chi connectivity index (χ2n) is 3.58. The summed E-state index contributed by atoms with van der Waals surface area (Å²) in [6.07, 6.45) is 0. The van der Waals surface area contributed by atoms with Crippen LogP contribution in [0.1, 0.15) is 18.4 Å². The molecule has 0 aromatic heterocycles. The largest absolute Gasteiger partial charge is 0.496 e. The molecule has 0 saturated carbocycles. The van der Waals surface area contributed by atoms with Crippen molar-refractivity contribution in [2.24, 2.45) is 5.73 Å². The molecular formula is C12H19NO3. The van der Waals surface area contributed by atoms with E-state index in [2.05, 4.69) is 0 Å². The van der Waals surface area contributed by atoms with Crippen LogP contribution in [0.4, 0.5) is 0 Å². The van der Waals surface area contributed by atoms with E-state index in [4.69, 9.17) is 19.9 Å². The monoisotopic (exact) mass is 225 g/mol. The van der Waals surface area contributed by atoms with Crippen LogP contribution in [0.25, 0.3) is 0 Å². The second-order valence-corrected chi connectivity index (χ2v) is 3.58. The van der Waals surface area contributed by atoms with Crippen LogP contribution in [0, 0.1) is 0 Å². The number of hydrogen-bond acceptors (Lipinski definition) is 4. The van der Waals surface area contributed by atoms with E-state index in [9.17, 15) is 0 Å². The van der Waals surface area contributed by atoms with Gasteiger partial charge in [-0.15, -0.1) is 0 Å². The Kier molecular flexibility index (Phi) is 4.43. The highest BCUT2D eigenvalue weighted by molar-refractivity contribution is 5.52. The summed E-state index contributed by atoms with van der Waals surface area (Å²) in [5.41, 5.74) is 6.66. The van der Waals surface area contributed by atoms with Gasteiger partial charge in [-0.25, -0.2) is 0 Å². The maximum absolute atomic E-state index is 5.68. The zero-order valence-electron chi connectivity index (χ0n) is 10.2. The number of hydrogen-bond donors (Lipinski definition) is 1. The van der Waals surface area contributed by atoms with Gasteiger partial charge in [0, 0.05) is 23.6 Å². The molecule has 0 radical (unpaired) electrons. The third kappa shape index (κ3) is 2.39. The van der Waals surface area contributed by atoms with E-state index >= 15 is 0 Å². The number of benzene rings is 1. The fourth-order valence-electron chi connectivity index (χ4n) is 1.64. The molecule has 0 heterocycles. The molecule has 4 heteroatoms. The predicted molar refractivity (Wildman–Crippen MR) is 63.6 cm³/mol. The van der Waals surface area contributed by atoms with E-state index in [0.717, 1.165) is 17.1 Å². The van der Waals surface area contributed by atoms with Gasteiger partial charge in [0.2, 0.25) is 0 Å². The van der Waals surface area contributed by atoms with E-state index in [-0.39, 0.29) is 5.92 Å². The van der Waals surface area contributed by atoms with E-state index in [1.165, 1.54) is 0 Å². The van der Waals surface area contributed by atoms with Gasteiger partial charge < -0.3 is 19.9 Å². The number of ether oxygens (including phenoxy) is 3. The lowest BCUT2D eigenvalue weighted by molar-refractivity contribution is 0.365. The van der Waals surface area contributed by atoms with Crippen LogP contribution in [0.2, 0.25) is 0 Å². The molecule has 0 spiro atoms. The molecule has 0 aliphatic heterocycles. The first kappa shape index (κ1) is 12.6. The third-order valence-corrected chi connectivity index (χ3v) is 2.60. The third-order valence-electron chi connectivity index (χ3n) is 2.60. The van der Waals surface area contributed by atoms with Crippen LogP contribution in [0.5, 0.6) is 17.2 Å². The number of rotatable bonds is 5. The molecule has 0 amide bonds. The van der Waals surface area contributed by atoms with Gasteiger partial charge in [-0.3, -0.25) is 0 Å². The van der Waals surface area contributed by atoms with Gasteiger partial charge in [0.25, 0.3) is 0 Å². The minimum Gasteiger partial charge on any atom is -0.496 e. The Morgan fingerprint density at radius 2 is 1.56 bits per heavy atom. The molecule has 0 aliphatic rings. The molecule has 1 unspecified atom stereocenters. The van der Waals surface area contributed by atoms with Gasteiger partial charge in [-0.05, 0) is 6.54 Å². The van der Waals surface area contributed by atoms with E-state index in [0.29, 0.717) is 12.3 Å². The van der Waals surface area contributed by atoms with Gasteiger partial charge in [0.1, 0.15) is 17.2 Å². The second kappa shape index (κ2) is 5.61. The zero-order valence-corrected chi connectivity index (χ0v) is 10.2. The summed E-state index contributed by atoms with van der Waals surface area (Å²) in [5, 5.41) is 0. The Labute approximate surface area is 96.3 Å². The van der Waals surface area contributed by atoms with Gasteiger partial charge in [-0.2, -0.15) is 0 Å². The van der Waals surface area contributed by atoms with Crippen molar-refractivity contribution >= 4 is 0 Å². The average molecular weight is 225 g/mol. The van der Waals surface area contributed by atoms with Crippen molar-refractivity contribution in [3.8, 4) is 17.2 Å². The molecule has 0 bridgehead atoms. The van der Waals surface area contributed by atoms with Crippen LogP contribution in [0.3, 0.4) is 0 Å². The minimum atomic E-state index is 0.177. The molecule has 1 rings (SSSR count). The maximum atomic E-state index is 5.68. The summed E-state index contributed by atoms with van der Waals surface area (Å²) in [6.45, 7) is 2.58. The summed E-state index contributed by atoms with van der Waals surface area (Å²) < 4.78 is 15.9. The topological polar surface area (TPSA) is 53.7 Å². The Morgan fingerprint density at radius 1 is 1.06 bits per heavy atom. The molecule has 1 aromatic carbocycles. The van der Waals surface area contributed by atoms with Crippen molar-refractivity contribution in [1.29, 1.82) is 0 Å². The van der Waals surface area contributed by atoms with Gasteiger partial charge in [0.15, 0.2) is 0 Å². The van der Waals surface area contributed by atoms with E-state index in [1.807, 2.05) is 19.1 Å². The van der Waals surface area contributed by atoms with Crippen molar-refractivity contribution in [2.75, 3.05) is 27.9 Å². The lowest BCUT2D eigenvalue weighted by Gasteiger charge is -2.18. The molecule has 0 fully saturated rings. The maximum Gasteiger partial charge on any atom is 0.129 e. The Balaban J connectivity index is 3.31. The van der Waals surface area contributed by atoms with E-state index < -0.39 is 0 Å². The zero-order chi connectivity index (χ0) is 12.1. The van der Waals surface area contributed by atoms with Gasteiger partial charge in [-0.1, -0.05) is 6.92 Å². The summed E-state index contributed by atoms with van der Waals surface area (Å²) in [6, 6.07) is 3.67. The first-order chi connectivity index (χ1) is 7.67. The normalized spacial score (nSPS) is 12.1. The summed E-state index contributed by atoms with van der Waals surface area (Å²) in [7, 11) is 4.86. The van der Waals surface area contributed by atoms with Crippen LogP contribution >= 0.6 is 0 Å². The van der Waals surface area contributed by atoms with Crippen molar-refractivity contribution in [2.45, 2.75) is 12.8 Å². The summed E-state index contributed by atoms with van der Waals surface area (Å²) in [5.74, 6) is 2.38. The van der Waals surface area contributed by atoms with Gasteiger partial charge in [0.05, 0.1) is 21.3 Å². The lowest BCUT2D eigenvalue weighted by atomic mass is 9.98. The standard InChI is InChI=1S/C12H19NO3/c1-8(7-13)12-10(15-3)5-9(14-2)6-11(12)16-4/h5-6,8H,7,13H2,1-4H3. The highest BCUT2D eigenvalue weighted by Crippen LogP contribution is 2.38. The molecule has 90 valence electrons. The SMILES string of the molecule is COc1cc(OC)c(C(C)CN)c(OC)c1. The van der Waals surface area contributed by atoms with Crippen molar-refractivity contribution in [3.05, 3.63) is 17.7 Å². The molecule has 0 saturated heterocycles. The lowest BCUT2D eigenvalue weighted by Crippen LogP contribution is -2.11. The minimum absolute atomic E-state index is 0.177. The molecule has 1 aromatic rings. The van der Waals surface area contributed by atoms with Crippen LogP contribution in [-0.4, -0.2) is 27.9 Å². The molecular weight excluding hydrogens is 206 g/mol. The molecule has 4 nitrogen and oxygen atoms in total. The van der Waals surface area contributed by atoms with Crippen LogP contribution < -0.4 is 19.9 Å². The molecule has 16 heavy (non-hydrogen) atoms. The fraction of sp³-hybridized carbons (Fsp3) is 0.500. The average Bonchev–Trinajstić information content (AvgIpc) is 2.35. The first-order valence-corrected chi connectivity index (χ1v) is 5.17. The Hall–Kier alpha value is -1.42. The summed E-state index contributed by atoms with van der Waals surface area (Å²) >= 11 is 0. The van der Waals surface area contributed by atoms with Crippen molar-refractivity contribution in [1.82, 2.24) is 0 Å². The molecule has 1 atom stereocenters. The highest BCUT2D eigenvalue weighted by atomic mass is 16.5. The highest BCUT2D eigenvalue weighted by Gasteiger charge is 2.17.